The Morgan fingerprint density at radius 3 is 2.54 bits per heavy atom. The summed E-state index contributed by atoms with van der Waals surface area (Å²) in [7, 11) is 0.0670. The van der Waals surface area contributed by atoms with Crippen LogP contribution < -0.4 is 28.9 Å². The fourth-order valence-corrected chi connectivity index (χ4v) is 4.21. The first kappa shape index (κ1) is 23.3. The van der Waals surface area contributed by atoms with Gasteiger partial charge in [0.1, 0.15) is 5.75 Å². The van der Waals surface area contributed by atoms with Gasteiger partial charge in [0.25, 0.3) is 0 Å². The topological polar surface area (TPSA) is 26.3 Å². The van der Waals surface area contributed by atoms with Gasteiger partial charge in [-0.25, -0.2) is 0 Å². The van der Waals surface area contributed by atoms with E-state index in [1.807, 2.05) is 44.2 Å². The van der Waals surface area contributed by atoms with Gasteiger partial charge in [0.05, 0.1) is 11.6 Å². The van der Waals surface area contributed by atoms with Gasteiger partial charge in [-0.15, -0.1) is 0 Å². The molecule has 0 aromatic heterocycles. The summed E-state index contributed by atoms with van der Waals surface area (Å²) < 4.78 is 5.81. The van der Waals surface area contributed by atoms with E-state index < -0.39 is 0 Å². The average molecular weight is 385 g/mol. The Kier molecular flexibility index (Phi) is 10.6. The molecular formula is C21H27ClLiO2P. The Morgan fingerprint density at radius 1 is 1.12 bits per heavy atom. The van der Waals surface area contributed by atoms with Crippen molar-refractivity contribution in [2.45, 2.75) is 46.5 Å². The molecule has 0 amide bonds. The summed E-state index contributed by atoms with van der Waals surface area (Å²) in [6.07, 6.45) is 4.78. The zero-order chi connectivity index (χ0) is 18.2. The first-order valence-corrected chi connectivity index (χ1v) is 10.2. The van der Waals surface area contributed by atoms with Crippen LogP contribution in [0.25, 0.3) is 0 Å². The largest absolute Gasteiger partial charge is 1.00 e. The van der Waals surface area contributed by atoms with E-state index in [4.69, 9.17) is 16.3 Å². The number of halogens is 1. The molecule has 2 aromatic carbocycles. The van der Waals surface area contributed by atoms with Crippen LogP contribution in [0.2, 0.25) is 5.02 Å². The molecule has 0 saturated carbocycles. The molecule has 0 N–H and O–H groups in total. The molecule has 136 valence electrons. The molecule has 0 spiro atoms. The van der Waals surface area contributed by atoms with E-state index in [0.717, 1.165) is 35.2 Å². The van der Waals surface area contributed by atoms with Crippen LogP contribution >= 0.6 is 20.2 Å². The fourth-order valence-electron chi connectivity index (χ4n) is 2.69. The predicted octanol–water partition coefficient (Wildman–Crippen LogP) is 3.18. The van der Waals surface area contributed by atoms with Crippen LogP contribution in [0.5, 0.6) is 5.75 Å². The second-order valence-corrected chi connectivity index (χ2v) is 7.92. The summed E-state index contributed by atoms with van der Waals surface area (Å²) in [5, 5.41) is 1.57. The van der Waals surface area contributed by atoms with Crippen LogP contribution in [0.15, 0.2) is 36.4 Å². The Morgan fingerprint density at radius 2 is 1.88 bits per heavy atom. The average Bonchev–Trinajstić information content (AvgIpc) is 2.57. The van der Waals surface area contributed by atoms with E-state index in [1.165, 1.54) is 19.3 Å². The normalized spacial score (nSPS) is 10.8. The van der Waals surface area contributed by atoms with Crippen molar-refractivity contribution in [2.24, 2.45) is 0 Å². The molecule has 0 fully saturated rings. The molecule has 5 heteroatoms. The maximum atomic E-state index is 12.7. The summed E-state index contributed by atoms with van der Waals surface area (Å²) in [5.74, 6) is 0.879. The van der Waals surface area contributed by atoms with E-state index in [9.17, 15) is 4.79 Å². The molecule has 2 aromatic rings. The zero-order valence-corrected chi connectivity index (χ0v) is 18.0. The fraction of sp³-hybridized carbons (Fsp3) is 0.381. The molecule has 1 atom stereocenters. The summed E-state index contributed by atoms with van der Waals surface area (Å²) in [6, 6.07) is 11.5. The predicted molar refractivity (Wildman–Crippen MR) is 110 cm³/mol. The molecule has 26 heavy (non-hydrogen) atoms. The standard InChI is InChI=1S/C21H26ClO2P.Li.H/c1-4-5-6-7-13-24-17-11-12-19(16(3)14-17)25-21(23)20-15(2)9-8-10-18(20)22;;/h8-12,14,25H,4-7,13H2,1-3H3;;/q;+1;-1. The molecular weight excluding hydrogens is 358 g/mol. The Bertz CT molecular complexity index is 720. The van der Waals surface area contributed by atoms with E-state index in [1.54, 1.807) is 6.07 Å². The third-order valence-corrected chi connectivity index (χ3v) is 5.78. The van der Waals surface area contributed by atoms with Crippen molar-refractivity contribution in [3.63, 3.8) is 0 Å². The number of hydrogen-bond donors (Lipinski definition) is 0. The maximum absolute atomic E-state index is 12.7. The molecule has 0 heterocycles. The van der Waals surface area contributed by atoms with Gasteiger partial charge in [-0.2, -0.15) is 0 Å². The quantitative estimate of drug-likeness (QED) is 0.377. The van der Waals surface area contributed by atoms with Crippen LogP contribution in [0.4, 0.5) is 0 Å². The number of hydrogen-bond acceptors (Lipinski definition) is 2. The molecule has 0 aliphatic carbocycles. The number of carbonyl (C=O) groups excluding carboxylic acids is 1. The van der Waals surface area contributed by atoms with Crippen LogP contribution in [0, 0.1) is 13.8 Å². The summed E-state index contributed by atoms with van der Waals surface area (Å²) >= 11 is 6.21. The zero-order valence-electron chi connectivity index (χ0n) is 17.2. The number of unbranched alkanes of at least 4 members (excludes halogenated alkanes) is 3. The third-order valence-electron chi connectivity index (χ3n) is 4.16. The van der Waals surface area contributed by atoms with Gasteiger partial charge in [-0.3, -0.25) is 4.79 Å². The van der Waals surface area contributed by atoms with Gasteiger partial charge < -0.3 is 6.16 Å². The van der Waals surface area contributed by atoms with Gasteiger partial charge in [0.15, 0.2) is 5.52 Å². The summed E-state index contributed by atoms with van der Waals surface area (Å²) in [5.41, 5.74) is 2.73. The molecule has 0 aliphatic rings. The van der Waals surface area contributed by atoms with Crippen molar-refractivity contribution >= 4 is 31.0 Å². The van der Waals surface area contributed by atoms with Gasteiger partial charge >= 0.3 is 18.9 Å². The maximum Gasteiger partial charge on any atom is 1.00 e. The number of carbonyl (C=O) groups is 1. The van der Waals surface area contributed by atoms with E-state index in [2.05, 4.69) is 6.92 Å². The van der Waals surface area contributed by atoms with Crippen LogP contribution in [-0.4, -0.2) is 12.1 Å². The Labute approximate surface area is 177 Å². The molecule has 0 bridgehead atoms. The minimum Gasteiger partial charge on any atom is -1.00 e. The van der Waals surface area contributed by atoms with E-state index >= 15 is 0 Å². The van der Waals surface area contributed by atoms with Gasteiger partial charge in [0.2, 0.25) is 0 Å². The Hall–Kier alpha value is -0.773. The molecule has 2 nitrogen and oxygen atoms in total. The van der Waals surface area contributed by atoms with Crippen molar-refractivity contribution in [3.8, 4) is 5.75 Å². The minimum absolute atomic E-state index is 0. The monoisotopic (exact) mass is 384 g/mol. The summed E-state index contributed by atoms with van der Waals surface area (Å²) in [6.45, 7) is 6.90. The van der Waals surface area contributed by atoms with Gasteiger partial charge in [0, 0.05) is 5.56 Å². The van der Waals surface area contributed by atoms with Gasteiger partial charge in [-0.1, -0.05) is 56.0 Å². The van der Waals surface area contributed by atoms with Crippen LogP contribution in [0.3, 0.4) is 0 Å². The molecule has 0 radical (unpaired) electrons. The third kappa shape index (κ3) is 6.75. The first-order valence-electron chi connectivity index (χ1n) is 8.83. The second-order valence-electron chi connectivity index (χ2n) is 6.27. The molecule has 0 saturated heterocycles. The first-order chi connectivity index (χ1) is 12.0. The van der Waals surface area contributed by atoms with Crippen LogP contribution in [-0.2, 0) is 0 Å². The number of benzene rings is 2. The molecule has 0 aliphatic heterocycles. The Balaban J connectivity index is 0.00000338. The molecule has 2 rings (SSSR count). The summed E-state index contributed by atoms with van der Waals surface area (Å²) in [4.78, 5) is 12.7. The SMILES string of the molecule is CCCCCCOc1ccc(PC(=O)c2c(C)cccc2Cl)c(C)c1.[H-].[Li+]. The van der Waals surface area contributed by atoms with Crippen molar-refractivity contribution in [3.05, 3.63) is 58.1 Å². The van der Waals surface area contributed by atoms with Crippen molar-refractivity contribution in [1.29, 1.82) is 0 Å². The van der Waals surface area contributed by atoms with Crippen LogP contribution in [0.1, 0.15) is 55.5 Å². The smallest absolute Gasteiger partial charge is 1.00 e. The molecule has 1 unspecified atom stereocenters. The van der Waals surface area contributed by atoms with E-state index in [-0.39, 0.29) is 34.4 Å². The van der Waals surface area contributed by atoms with Crippen molar-refractivity contribution in [1.82, 2.24) is 0 Å². The van der Waals surface area contributed by atoms with Crippen molar-refractivity contribution in [2.75, 3.05) is 6.61 Å². The van der Waals surface area contributed by atoms with Gasteiger partial charge in [-0.05, 0) is 63.5 Å². The number of aryl methyl sites for hydroxylation is 2. The van der Waals surface area contributed by atoms with Crippen molar-refractivity contribution < 1.29 is 29.8 Å². The second kappa shape index (κ2) is 11.8. The minimum atomic E-state index is 0. The number of ether oxygens (including phenoxy) is 1. The number of rotatable bonds is 9. The van der Waals surface area contributed by atoms with E-state index in [0.29, 0.717) is 10.6 Å².